The second-order valence-electron chi connectivity index (χ2n) is 7.49. The molecule has 0 heterocycles. The SMILES string of the molecule is COC(=O)C(CC(=O)[C@H](Cc1ccccc1)NC(=O)CNC(=O)OCc1ccccc1)C(=O)OC. The minimum Gasteiger partial charge on any atom is -0.468 e. The quantitative estimate of drug-likeness (QED) is 0.263. The molecule has 0 unspecified atom stereocenters. The molecule has 35 heavy (non-hydrogen) atoms. The Hall–Kier alpha value is -4.21. The van der Waals surface area contributed by atoms with E-state index in [2.05, 4.69) is 20.1 Å². The van der Waals surface area contributed by atoms with Crippen molar-refractivity contribution in [2.75, 3.05) is 20.8 Å². The third-order valence-electron chi connectivity index (χ3n) is 4.99. The first-order valence-electron chi connectivity index (χ1n) is 10.8. The fourth-order valence-corrected chi connectivity index (χ4v) is 3.16. The van der Waals surface area contributed by atoms with Gasteiger partial charge in [0.15, 0.2) is 11.7 Å². The second-order valence-corrected chi connectivity index (χ2v) is 7.49. The van der Waals surface area contributed by atoms with Crippen LogP contribution < -0.4 is 10.6 Å². The summed E-state index contributed by atoms with van der Waals surface area (Å²) in [6.45, 7) is -0.407. The van der Waals surface area contributed by atoms with Crippen molar-refractivity contribution in [1.29, 1.82) is 0 Å². The first-order chi connectivity index (χ1) is 16.8. The zero-order chi connectivity index (χ0) is 25.6. The Morgan fingerprint density at radius 1 is 0.800 bits per heavy atom. The summed E-state index contributed by atoms with van der Waals surface area (Å²) in [6, 6.07) is 16.8. The Kier molecular flexibility index (Phi) is 10.9. The van der Waals surface area contributed by atoms with E-state index in [9.17, 15) is 24.0 Å². The third kappa shape index (κ3) is 9.28. The molecule has 0 radical (unpaired) electrons. The minimum atomic E-state index is -1.46. The lowest BCUT2D eigenvalue weighted by Crippen LogP contribution is -2.47. The number of ketones is 1. The van der Waals surface area contributed by atoms with Crippen LogP contribution in [0.4, 0.5) is 4.79 Å². The summed E-state index contributed by atoms with van der Waals surface area (Å²) in [5, 5.41) is 4.87. The summed E-state index contributed by atoms with van der Waals surface area (Å²) < 4.78 is 14.2. The lowest BCUT2D eigenvalue weighted by molar-refractivity contribution is -0.160. The monoisotopic (exact) mass is 484 g/mol. The molecule has 2 aromatic rings. The molecule has 0 saturated heterocycles. The molecule has 0 spiro atoms. The number of carbonyl (C=O) groups is 5. The van der Waals surface area contributed by atoms with Gasteiger partial charge in [0.2, 0.25) is 5.91 Å². The van der Waals surface area contributed by atoms with Gasteiger partial charge < -0.3 is 24.8 Å². The molecule has 0 aliphatic heterocycles. The highest BCUT2D eigenvalue weighted by Gasteiger charge is 2.34. The second kappa shape index (κ2) is 14.1. The van der Waals surface area contributed by atoms with Crippen molar-refractivity contribution in [3.05, 3.63) is 71.8 Å². The first kappa shape index (κ1) is 27.0. The molecule has 2 rings (SSSR count). The lowest BCUT2D eigenvalue weighted by atomic mass is 9.94. The number of carbonyl (C=O) groups excluding carboxylic acids is 5. The Balaban J connectivity index is 2.00. The number of benzene rings is 2. The van der Waals surface area contributed by atoms with E-state index in [1.165, 1.54) is 0 Å². The zero-order valence-electron chi connectivity index (χ0n) is 19.5. The Labute approximate surface area is 202 Å². The van der Waals surface area contributed by atoms with E-state index in [1.54, 1.807) is 54.6 Å². The van der Waals surface area contributed by atoms with Crippen LogP contribution in [0.5, 0.6) is 0 Å². The van der Waals surface area contributed by atoms with E-state index < -0.39 is 54.6 Å². The van der Waals surface area contributed by atoms with Crippen LogP contribution in [-0.2, 0) is 46.4 Å². The average molecular weight is 485 g/mol. The molecule has 1 atom stereocenters. The summed E-state index contributed by atoms with van der Waals surface area (Å²) in [4.78, 5) is 61.3. The fourth-order valence-electron chi connectivity index (χ4n) is 3.16. The molecular formula is C25H28N2O8. The third-order valence-corrected chi connectivity index (χ3v) is 4.99. The van der Waals surface area contributed by atoms with Crippen LogP contribution in [0.15, 0.2) is 60.7 Å². The minimum absolute atomic E-state index is 0.0336. The topological polar surface area (TPSA) is 137 Å². The van der Waals surface area contributed by atoms with Gasteiger partial charge in [0, 0.05) is 6.42 Å². The highest BCUT2D eigenvalue weighted by atomic mass is 16.6. The zero-order valence-corrected chi connectivity index (χ0v) is 19.5. The smallest absolute Gasteiger partial charge is 0.407 e. The van der Waals surface area contributed by atoms with Gasteiger partial charge in [0.05, 0.1) is 20.3 Å². The molecule has 2 aromatic carbocycles. The van der Waals surface area contributed by atoms with Crippen molar-refractivity contribution in [3.8, 4) is 0 Å². The summed E-state index contributed by atoms with van der Waals surface area (Å²) in [7, 11) is 2.18. The normalized spacial score (nSPS) is 11.2. The number of amides is 2. The van der Waals surface area contributed by atoms with Gasteiger partial charge in [0.1, 0.15) is 13.2 Å². The molecule has 10 heteroatoms. The number of hydrogen-bond donors (Lipinski definition) is 2. The molecule has 0 bridgehead atoms. The maximum Gasteiger partial charge on any atom is 0.407 e. The number of ether oxygens (including phenoxy) is 3. The van der Waals surface area contributed by atoms with Crippen LogP contribution in [0.1, 0.15) is 17.5 Å². The van der Waals surface area contributed by atoms with E-state index in [-0.39, 0.29) is 13.0 Å². The Morgan fingerprint density at radius 3 is 1.89 bits per heavy atom. The van der Waals surface area contributed by atoms with Crippen molar-refractivity contribution in [3.63, 3.8) is 0 Å². The Bertz CT molecular complexity index is 995. The Morgan fingerprint density at radius 2 is 1.34 bits per heavy atom. The van der Waals surface area contributed by atoms with Crippen molar-refractivity contribution in [2.24, 2.45) is 5.92 Å². The maximum absolute atomic E-state index is 13.0. The summed E-state index contributed by atoms with van der Waals surface area (Å²) in [5.74, 6) is -4.52. The number of esters is 2. The predicted octanol–water partition coefficient (Wildman–Crippen LogP) is 1.56. The van der Waals surface area contributed by atoms with E-state index in [1.807, 2.05) is 6.07 Å². The van der Waals surface area contributed by atoms with Gasteiger partial charge in [-0.05, 0) is 17.5 Å². The van der Waals surface area contributed by atoms with E-state index in [0.717, 1.165) is 25.3 Å². The summed E-state index contributed by atoms with van der Waals surface area (Å²) in [5.41, 5.74) is 1.53. The number of rotatable bonds is 12. The van der Waals surface area contributed by atoms with E-state index >= 15 is 0 Å². The van der Waals surface area contributed by atoms with E-state index in [0.29, 0.717) is 0 Å². The standard InChI is InChI=1S/C25H28N2O8/c1-33-23(30)19(24(31)34-2)14-21(28)20(13-17-9-5-3-6-10-17)27-22(29)15-26-25(32)35-16-18-11-7-4-8-12-18/h3-12,19-20H,13-16H2,1-2H3,(H,26,32)(H,27,29)/t20-/m0/s1. The van der Waals surface area contributed by atoms with Crippen molar-refractivity contribution < 1.29 is 38.2 Å². The highest BCUT2D eigenvalue weighted by molar-refractivity contribution is 6.01. The van der Waals surface area contributed by atoms with Gasteiger partial charge in [-0.1, -0.05) is 60.7 Å². The van der Waals surface area contributed by atoms with Crippen molar-refractivity contribution in [2.45, 2.75) is 25.5 Å². The summed E-state index contributed by atoms with van der Waals surface area (Å²) in [6.07, 6.45) is -1.21. The molecule has 0 aliphatic carbocycles. The molecule has 186 valence electrons. The molecule has 10 nitrogen and oxygen atoms in total. The van der Waals surface area contributed by atoms with Gasteiger partial charge in [-0.3, -0.25) is 19.2 Å². The molecule has 2 amide bonds. The molecule has 0 aliphatic rings. The fraction of sp³-hybridized carbons (Fsp3) is 0.320. The van der Waals surface area contributed by atoms with Crippen LogP contribution >= 0.6 is 0 Å². The van der Waals surface area contributed by atoms with Gasteiger partial charge in [-0.2, -0.15) is 0 Å². The summed E-state index contributed by atoms with van der Waals surface area (Å²) >= 11 is 0. The van der Waals surface area contributed by atoms with Crippen LogP contribution in [-0.4, -0.2) is 56.5 Å². The number of Topliss-reactive ketones (excluding diaryl/α,β-unsaturated/α-hetero) is 1. The van der Waals surface area contributed by atoms with E-state index in [4.69, 9.17) is 4.74 Å². The van der Waals surface area contributed by atoms with Gasteiger partial charge in [0.25, 0.3) is 0 Å². The molecule has 0 fully saturated rings. The number of alkyl carbamates (subject to hydrolysis) is 1. The van der Waals surface area contributed by atoms with Crippen LogP contribution in [0.3, 0.4) is 0 Å². The lowest BCUT2D eigenvalue weighted by Gasteiger charge is -2.20. The predicted molar refractivity (Wildman–Crippen MR) is 124 cm³/mol. The molecule has 0 aromatic heterocycles. The molecule has 0 saturated carbocycles. The number of hydrogen-bond acceptors (Lipinski definition) is 8. The number of methoxy groups -OCH3 is 2. The highest BCUT2D eigenvalue weighted by Crippen LogP contribution is 2.13. The van der Waals surface area contributed by atoms with Crippen LogP contribution in [0, 0.1) is 5.92 Å². The maximum atomic E-state index is 13.0. The van der Waals surface area contributed by atoms with Gasteiger partial charge in [-0.15, -0.1) is 0 Å². The molecular weight excluding hydrogens is 456 g/mol. The van der Waals surface area contributed by atoms with Crippen LogP contribution in [0.2, 0.25) is 0 Å². The molecule has 2 N–H and O–H groups in total. The van der Waals surface area contributed by atoms with Crippen molar-refractivity contribution in [1.82, 2.24) is 10.6 Å². The first-order valence-corrected chi connectivity index (χ1v) is 10.8. The van der Waals surface area contributed by atoms with Gasteiger partial charge in [-0.25, -0.2) is 4.79 Å². The average Bonchev–Trinajstić information content (AvgIpc) is 2.89. The van der Waals surface area contributed by atoms with Crippen LogP contribution in [0.25, 0.3) is 0 Å². The van der Waals surface area contributed by atoms with Crippen molar-refractivity contribution >= 4 is 29.7 Å². The largest absolute Gasteiger partial charge is 0.468 e. The number of nitrogens with one attached hydrogen (secondary N) is 2. The van der Waals surface area contributed by atoms with Gasteiger partial charge >= 0.3 is 18.0 Å².